The predicted molar refractivity (Wildman–Crippen MR) is 81.2 cm³/mol. The van der Waals surface area contributed by atoms with Crippen LogP contribution in [-0.2, 0) is 0 Å². The first-order valence-electron chi connectivity index (χ1n) is 5.54. The normalized spacial score (nSPS) is 15.9. The number of rotatable bonds is 2. The number of pyridine rings is 1. The van der Waals surface area contributed by atoms with E-state index in [0.29, 0.717) is 11.2 Å². The third-order valence-corrected chi connectivity index (χ3v) is 3.99. The summed E-state index contributed by atoms with van der Waals surface area (Å²) in [5.74, 6) is 0.740. The van der Waals surface area contributed by atoms with Crippen LogP contribution in [0.15, 0.2) is 21.2 Å². The van der Waals surface area contributed by atoms with Crippen molar-refractivity contribution in [2.45, 2.75) is 31.7 Å². The summed E-state index contributed by atoms with van der Waals surface area (Å²) >= 11 is 12.1. The molecule has 1 heterocycles. The number of halogens is 2. The van der Waals surface area contributed by atoms with Gasteiger partial charge < -0.3 is 10.6 Å². The van der Waals surface area contributed by atoms with E-state index in [0.717, 1.165) is 14.8 Å². The lowest BCUT2D eigenvalue weighted by atomic mass is 10.3. The Labute approximate surface area is 123 Å². The Balaban J connectivity index is 1.93. The molecule has 1 aliphatic rings. The van der Waals surface area contributed by atoms with Crippen molar-refractivity contribution in [1.29, 1.82) is 0 Å². The Hall–Kier alpha value is -0.200. The Kier molecular flexibility index (Phi) is 4.76. The molecule has 2 rings (SSSR count). The number of hydrogen-bond acceptors (Lipinski definition) is 2. The largest absolute Gasteiger partial charge is 0.360 e. The molecule has 0 bridgehead atoms. The molecule has 0 atom stereocenters. The second kappa shape index (κ2) is 6.11. The standard InChI is InChI=1S/C11H13Br2N3S/c12-7-5-9(13)10(14-6-7)16-11(17)15-8-3-1-2-4-8/h5-6,8H,1-4H2,(H2,14,15,16,17). The molecule has 0 spiro atoms. The van der Waals surface area contributed by atoms with Crippen molar-refractivity contribution < 1.29 is 0 Å². The fourth-order valence-corrected chi connectivity index (χ4v) is 3.26. The van der Waals surface area contributed by atoms with Gasteiger partial charge >= 0.3 is 0 Å². The van der Waals surface area contributed by atoms with Gasteiger partial charge in [-0.3, -0.25) is 0 Å². The summed E-state index contributed by atoms with van der Waals surface area (Å²) in [7, 11) is 0. The van der Waals surface area contributed by atoms with E-state index in [4.69, 9.17) is 12.2 Å². The lowest BCUT2D eigenvalue weighted by Crippen LogP contribution is -2.36. The van der Waals surface area contributed by atoms with Crippen molar-refractivity contribution in [3.63, 3.8) is 0 Å². The molecule has 17 heavy (non-hydrogen) atoms. The van der Waals surface area contributed by atoms with Crippen LogP contribution in [0.4, 0.5) is 5.82 Å². The summed E-state index contributed by atoms with van der Waals surface area (Å²) < 4.78 is 1.83. The van der Waals surface area contributed by atoms with Crippen LogP contribution >= 0.6 is 44.1 Å². The number of hydrogen-bond donors (Lipinski definition) is 2. The molecule has 6 heteroatoms. The summed E-state index contributed by atoms with van der Waals surface area (Å²) in [4.78, 5) is 4.26. The van der Waals surface area contributed by atoms with E-state index in [9.17, 15) is 0 Å². The molecule has 1 saturated carbocycles. The number of anilines is 1. The van der Waals surface area contributed by atoms with Gasteiger partial charge in [-0.1, -0.05) is 12.8 Å². The first-order chi connectivity index (χ1) is 8.15. The number of thiocarbonyl (C=S) groups is 1. The highest BCUT2D eigenvalue weighted by molar-refractivity contribution is 9.11. The fraction of sp³-hybridized carbons (Fsp3) is 0.455. The maximum Gasteiger partial charge on any atom is 0.172 e. The Bertz CT molecular complexity index is 419. The van der Waals surface area contributed by atoms with Crippen LogP contribution in [0.25, 0.3) is 0 Å². The average molecular weight is 379 g/mol. The van der Waals surface area contributed by atoms with Crippen molar-refractivity contribution >= 4 is 55.0 Å². The number of aromatic nitrogens is 1. The highest BCUT2D eigenvalue weighted by Crippen LogP contribution is 2.23. The van der Waals surface area contributed by atoms with Crippen molar-refractivity contribution in [3.05, 3.63) is 21.2 Å². The van der Waals surface area contributed by atoms with Crippen molar-refractivity contribution in [2.24, 2.45) is 0 Å². The minimum atomic E-state index is 0.518. The molecular weight excluding hydrogens is 366 g/mol. The monoisotopic (exact) mass is 377 g/mol. The SMILES string of the molecule is S=C(Nc1ncc(Br)cc1Br)NC1CCCC1. The smallest absolute Gasteiger partial charge is 0.172 e. The fourth-order valence-electron chi connectivity index (χ4n) is 1.91. The van der Waals surface area contributed by atoms with Crippen LogP contribution in [-0.4, -0.2) is 16.1 Å². The molecule has 92 valence electrons. The van der Waals surface area contributed by atoms with Gasteiger partial charge in [0.05, 0.1) is 4.47 Å². The summed E-state index contributed by atoms with van der Waals surface area (Å²) in [6, 6.07) is 2.46. The molecule has 0 amide bonds. The van der Waals surface area contributed by atoms with Crippen molar-refractivity contribution in [2.75, 3.05) is 5.32 Å². The van der Waals surface area contributed by atoms with Gasteiger partial charge in [-0.05, 0) is 63.0 Å². The van der Waals surface area contributed by atoms with Gasteiger partial charge in [0, 0.05) is 16.7 Å². The molecule has 1 aliphatic carbocycles. The van der Waals surface area contributed by atoms with Crippen LogP contribution in [0.1, 0.15) is 25.7 Å². The molecule has 1 fully saturated rings. The minimum Gasteiger partial charge on any atom is -0.360 e. The molecule has 3 nitrogen and oxygen atoms in total. The summed E-state index contributed by atoms with van der Waals surface area (Å²) in [5, 5.41) is 7.07. The molecule has 0 saturated heterocycles. The van der Waals surface area contributed by atoms with Crippen molar-refractivity contribution in [3.8, 4) is 0 Å². The zero-order valence-electron chi connectivity index (χ0n) is 9.17. The Morgan fingerprint density at radius 2 is 2.06 bits per heavy atom. The first kappa shape index (κ1) is 13.2. The van der Waals surface area contributed by atoms with Crippen LogP contribution < -0.4 is 10.6 Å². The van der Waals surface area contributed by atoms with Gasteiger partial charge in [0.15, 0.2) is 5.11 Å². The average Bonchev–Trinajstić information content (AvgIpc) is 2.75. The third kappa shape index (κ3) is 3.89. The second-order valence-electron chi connectivity index (χ2n) is 4.06. The van der Waals surface area contributed by atoms with E-state index in [2.05, 4.69) is 47.5 Å². The Morgan fingerprint density at radius 1 is 1.35 bits per heavy atom. The lowest BCUT2D eigenvalue weighted by molar-refractivity contribution is 0.634. The van der Waals surface area contributed by atoms with E-state index in [-0.39, 0.29) is 0 Å². The molecule has 1 aromatic rings. The highest BCUT2D eigenvalue weighted by Gasteiger charge is 2.15. The van der Waals surface area contributed by atoms with E-state index in [1.54, 1.807) is 6.20 Å². The van der Waals surface area contributed by atoms with E-state index >= 15 is 0 Å². The maximum absolute atomic E-state index is 5.27. The lowest BCUT2D eigenvalue weighted by Gasteiger charge is -2.15. The zero-order chi connectivity index (χ0) is 12.3. The van der Waals surface area contributed by atoms with Crippen molar-refractivity contribution in [1.82, 2.24) is 10.3 Å². The molecular formula is C11H13Br2N3S. The molecule has 0 aliphatic heterocycles. The van der Waals surface area contributed by atoms with E-state index < -0.39 is 0 Å². The molecule has 1 aromatic heterocycles. The summed E-state index contributed by atoms with van der Waals surface area (Å²) in [6.45, 7) is 0. The quantitative estimate of drug-likeness (QED) is 0.766. The molecule has 0 unspecified atom stereocenters. The maximum atomic E-state index is 5.27. The topological polar surface area (TPSA) is 37.0 Å². The van der Waals surface area contributed by atoms with E-state index in [1.807, 2.05) is 6.07 Å². The van der Waals surface area contributed by atoms with Gasteiger partial charge in [-0.2, -0.15) is 0 Å². The Morgan fingerprint density at radius 3 is 2.71 bits per heavy atom. The van der Waals surface area contributed by atoms with Crippen LogP contribution in [0, 0.1) is 0 Å². The number of nitrogens with one attached hydrogen (secondary N) is 2. The van der Waals surface area contributed by atoms with Crippen LogP contribution in [0.2, 0.25) is 0 Å². The van der Waals surface area contributed by atoms with Gasteiger partial charge in [-0.25, -0.2) is 4.98 Å². The third-order valence-electron chi connectivity index (χ3n) is 2.73. The first-order valence-corrected chi connectivity index (χ1v) is 7.53. The summed E-state index contributed by atoms with van der Waals surface area (Å²) in [6.07, 6.45) is 6.74. The van der Waals surface area contributed by atoms with E-state index in [1.165, 1.54) is 25.7 Å². The molecule has 2 N–H and O–H groups in total. The second-order valence-corrected chi connectivity index (χ2v) is 6.24. The molecule has 0 aromatic carbocycles. The van der Waals surface area contributed by atoms with Gasteiger partial charge in [-0.15, -0.1) is 0 Å². The van der Waals surface area contributed by atoms with Crippen LogP contribution in [0.5, 0.6) is 0 Å². The van der Waals surface area contributed by atoms with Gasteiger partial charge in [0.1, 0.15) is 5.82 Å². The van der Waals surface area contributed by atoms with Gasteiger partial charge in [0.25, 0.3) is 0 Å². The minimum absolute atomic E-state index is 0.518. The molecule has 0 radical (unpaired) electrons. The zero-order valence-corrected chi connectivity index (χ0v) is 13.2. The predicted octanol–water partition coefficient (Wildman–Crippen LogP) is 3.84. The van der Waals surface area contributed by atoms with Gasteiger partial charge in [0.2, 0.25) is 0 Å². The highest BCUT2D eigenvalue weighted by atomic mass is 79.9. The number of nitrogens with zero attached hydrogens (tertiary/aromatic N) is 1. The van der Waals surface area contributed by atoms with Crippen LogP contribution in [0.3, 0.4) is 0 Å². The summed E-state index contributed by atoms with van der Waals surface area (Å²) in [5.41, 5.74) is 0.